The first-order valence-electron chi connectivity index (χ1n) is 4.95. The largest absolute Gasteiger partial charge is 0.366 e. The Kier molecular flexibility index (Phi) is 4.69. The van der Waals surface area contributed by atoms with E-state index in [1.165, 1.54) is 0 Å². The molecule has 0 aromatic carbocycles. The van der Waals surface area contributed by atoms with Crippen LogP contribution in [0, 0.1) is 5.92 Å². The molecule has 1 heterocycles. The highest BCUT2D eigenvalue weighted by molar-refractivity contribution is 7.83. The van der Waals surface area contributed by atoms with Gasteiger partial charge in [-0.2, -0.15) is 0 Å². The molecule has 0 aliphatic carbocycles. The second-order valence-electron chi connectivity index (χ2n) is 3.25. The van der Waals surface area contributed by atoms with Crippen LogP contribution in [0.3, 0.4) is 0 Å². The van der Waals surface area contributed by atoms with E-state index in [0.717, 1.165) is 13.1 Å². The minimum Gasteiger partial charge on any atom is -0.366 e. The fourth-order valence-corrected chi connectivity index (χ4v) is 2.61. The maximum Gasteiger partial charge on any atom is 0.243 e. The average molecular weight is 275 g/mol. The summed E-state index contributed by atoms with van der Waals surface area (Å²) in [7, 11) is 0. The van der Waals surface area contributed by atoms with E-state index in [4.69, 9.17) is 36.7 Å². The fraction of sp³-hybridized carbons (Fsp3) is 0.556. The van der Waals surface area contributed by atoms with Crippen molar-refractivity contribution in [1.29, 1.82) is 0 Å². The van der Waals surface area contributed by atoms with E-state index in [2.05, 4.69) is 10.6 Å². The van der Waals surface area contributed by atoms with Gasteiger partial charge in [0.1, 0.15) is 10.9 Å². The zero-order valence-corrected chi connectivity index (χ0v) is 11.5. The summed E-state index contributed by atoms with van der Waals surface area (Å²) in [5.41, 5.74) is 0. The van der Waals surface area contributed by atoms with Crippen molar-refractivity contribution in [3.8, 4) is 0 Å². The molecule has 1 aliphatic rings. The molecule has 16 heavy (non-hydrogen) atoms. The van der Waals surface area contributed by atoms with Gasteiger partial charge in [0.2, 0.25) is 5.91 Å². The van der Waals surface area contributed by atoms with Crippen LogP contribution in [-0.2, 0) is 4.79 Å². The predicted octanol–water partition coefficient (Wildman–Crippen LogP) is 0.603. The van der Waals surface area contributed by atoms with E-state index in [1.807, 2.05) is 18.7 Å². The molecule has 1 rings (SSSR count). The van der Waals surface area contributed by atoms with Crippen molar-refractivity contribution >= 4 is 57.7 Å². The average Bonchev–Trinajstić information content (AvgIpc) is 2.17. The Balaban J connectivity index is 2.86. The summed E-state index contributed by atoms with van der Waals surface area (Å²) in [5.74, 6) is -0.831. The fourth-order valence-electron chi connectivity index (χ4n) is 1.46. The molecule has 1 amide bonds. The van der Waals surface area contributed by atoms with Gasteiger partial charge in [-0.25, -0.2) is 0 Å². The molecule has 1 fully saturated rings. The lowest BCUT2D eigenvalue weighted by atomic mass is 10.1. The lowest BCUT2D eigenvalue weighted by molar-refractivity contribution is -0.120. The molecule has 0 saturated carbocycles. The number of carbonyl (C=O) groups is 1. The minimum absolute atomic E-state index is 0.244. The molecule has 0 spiro atoms. The maximum absolute atomic E-state index is 11.8. The Labute approximate surface area is 111 Å². The Bertz CT molecular complexity index is 332. The number of rotatable bonds is 3. The number of nitrogens with zero attached hydrogens (tertiary/aromatic N) is 1. The third kappa shape index (κ3) is 2.72. The van der Waals surface area contributed by atoms with Crippen molar-refractivity contribution in [1.82, 2.24) is 15.5 Å². The molecule has 2 N–H and O–H groups in total. The first kappa shape index (κ1) is 13.4. The van der Waals surface area contributed by atoms with Crippen LogP contribution >= 0.6 is 36.7 Å². The number of hydrogen-bond acceptors (Lipinski definition) is 4. The van der Waals surface area contributed by atoms with Crippen molar-refractivity contribution in [2.45, 2.75) is 13.8 Å². The van der Waals surface area contributed by atoms with Gasteiger partial charge in [-0.3, -0.25) is 4.79 Å². The van der Waals surface area contributed by atoms with Gasteiger partial charge in [-0.05, 0) is 26.1 Å². The van der Waals surface area contributed by atoms with Gasteiger partial charge in [-0.1, -0.05) is 24.4 Å². The number of hydrogen-bond donors (Lipinski definition) is 2. The predicted molar refractivity (Wildman–Crippen MR) is 75.5 cm³/mol. The summed E-state index contributed by atoms with van der Waals surface area (Å²) in [5, 5.41) is 5.53. The summed E-state index contributed by atoms with van der Waals surface area (Å²) in [6, 6.07) is 0. The van der Waals surface area contributed by atoms with Crippen LogP contribution in [0.5, 0.6) is 0 Å². The molecule has 0 bridgehead atoms. The SMILES string of the molecule is CCN(CC)C(=S)C1C(=O)NC(=S)NC1=S. The van der Waals surface area contributed by atoms with Gasteiger partial charge in [0, 0.05) is 13.1 Å². The quantitative estimate of drug-likeness (QED) is 0.736. The molecule has 1 saturated heterocycles. The van der Waals surface area contributed by atoms with Crippen LogP contribution in [-0.4, -0.2) is 39.0 Å². The van der Waals surface area contributed by atoms with Crippen molar-refractivity contribution in [2.75, 3.05) is 13.1 Å². The van der Waals surface area contributed by atoms with Gasteiger partial charge in [0.15, 0.2) is 5.11 Å². The maximum atomic E-state index is 11.8. The summed E-state index contributed by atoms with van der Waals surface area (Å²) >= 11 is 15.2. The van der Waals surface area contributed by atoms with E-state index in [-0.39, 0.29) is 11.0 Å². The number of carbonyl (C=O) groups excluding carboxylic acids is 1. The lowest BCUT2D eigenvalue weighted by Crippen LogP contribution is -2.59. The smallest absolute Gasteiger partial charge is 0.243 e. The van der Waals surface area contributed by atoms with Crippen molar-refractivity contribution in [3.63, 3.8) is 0 Å². The molecule has 0 aromatic heterocycles. The first-order chi connectivity index (χ1) is 7.51. The summed E-state index contributed by atoms with van der Waals surface area (Å²) in [4.78, 5) is 14.6. The standard InChI is InChI=1S/C9H13N3OS3/c1-3-12(4-2)8(15)5-6(13)10-9(16)11-7(5)14/h5H,3-4H2,1-2H3,(H2,10,11,13,14,16). The Hall–Kier alpha value is -0.660. The first-order valence-corrected chi connectivity index (χ1v) is 6.18. The Morgan fingerprint density at radius 1 is 1.31 bits per heavy atom. The van der Waals surface area contributed by atoms with E-state index in [9.17, 15) is 4.79 Å². The van der Waals surface area contributed by atoms with Crippen LogP contribution in [0.1, 0.15) is 13.8 Å². The van der Waals surface area contributed by atoms with E-state index < -0.39 is 5.92 Å². The molecule has 4 nitrogen and oxygen atoms in total. The third-order valence-electron chi connectivity index (χ3n) is 2.32. The monoisotopic (exact) mass is 275 g/mol. The summed E-state index contributed by atoms with van der Waals surface area (Å²) in [6.07, 6.45) is 0. The van der Waals surface area contributed by atoms with Crippen LogP contribution in [0.4, 0.5) is 0 Å². The van der Waals surface area contributed by atoms with Crippen LogP contribution in [0.2, 0.25) is 0 Å². The molecule has 1 aliphatic heterocycles. The van der Waals surface area contributed by atoms with Crippen molar-refractivity contribution < 1.29 is 4.79 Å². The van der Waals surface area contributed by atoms with E-state index in [0.29, 0.717) is 9.98 Å². The minimum atomic E-state index is -0.586. The number of thiocarbonyl (C=S) groups is 3. The van der Waals surface area contributed by atoms with Gasteiger partial charge in [-0.15, -0.1) is 0 Å². The topological polar surface area (TPSA) is 44.4 Å². The molecule has 1 unspecified atom stereocenters. The highest BCUT2D eigenvalue weighted by atomic mass is 32.1. The van der Waals surface area contributed by atoms with Gasteiger partial charge >= 0.3 is 0 Å². The highest BCUT2D eigenvalue weighted by Crippen LogP contribution is 2.10. The molecular weight excluding hydrogens is 262 g/mol. The lowest BCUT2D eigenvalue weighted by Gasteiger charge is -2.31. The zero-order chi connectivity index (χ0) is 12.3. The van der Waals surface area contributed by atoms with Crippen LogP contribution < -0.4 is 10.6 Å². The normalized spacial score (nSPS) is 20.1. The third-order valence-corrected chi connectivity index (χ3v) is 3.36. The molecule has 7 heteroatoms. The summed E-state index contributed by atoms with van der Waals surface area (Å²) in [6.45, 7) is 5.48. The van der Waals surface area contributed by atoms with Crippen molar-refractivity contribution in [2.24, 2.45) is 5.92 Å². The highest BCUT2D eigenvalue weighted by Gasteiger charge is 2.34. The Morgan fingerprint density at radius 3 is 2.31 bits per heavy atom. The second-order valence-corrected chi connectivity index (χ2v) is 4.52. The van der Waals surface area contributed by atoms with Crippen LogP contribution in [0.15, 0.2) is 0 Å². The zero-order valence-electron chi connectivity index (χ0n) is 9.07. The van der Waals surface area contributed by atoms with Gasteiger partial charge < -0.3 is 15.5 Å². The molecule has 0 aromatic rings. The number of nitrogens with one attached hydrogen (secondary N) is 2. The summed E-state index contributed by atoms with van der Waals surface area (Å²) < 4.78 is 0. The molecule has 1 atom stereocenters. The van der Waals surface area contributed by atoms with Gasteiger partial charge in [0.25, 0.3) is 0 Å². The Morgan fingerprint density at radius 2 is 1.88 bits per heavy atom. The molecule has 88 valence electrons. The molecular formula is C9H13N3OS3. The van der Waals surface area contributed by atoms with Crippen molar-refractivity contribution in [3.05, 3.63) is 0 Å². The molecule has 0 radical (unpaired) electrons. The van der Waals surface area contributed by atoms with E-state index >= 15 is 0 Å². The van der Waals surface area contributed by atoms with Crippen LogP contribution in [0.25, 0.3) is 0 Å². The van der Waals surface area contributed by atoms with Gasteiger partial charge in [0.05, 0.1) is 4.99 Å². The second kappa shape index (κ2) is 5.60. The number of amides is 1. The van der Waals surface area contributed by atoms with E-state index in [1.54, 1.807) is 0 Å².